The summed E-state index contributed by atoms with van der Waals surface area (Å²) >= 11 is 0. The maximum atomic E-state index is 12.8. The molecule has 1 aliphatic heterocycles. The molecule has 2 amide bonds. The number of hydrogen-bond acceptors (Lipinski definition) is 2. The van der Waals surface area contributed by atoms with Gasteiger partial charge < -0.3 is 15.1 Å². The van der Waals surface area contributed by atoms with Crippen LogP contribution in [0.2, 0.25) is 0 Å². The molecule has 1 aromatic carbocycles. The molecule has 2 unspecified atom stereocenters. The summed E-state index contributed by atoms with van der Waals surface area (Å²) in [6.07, 6.45) is 5.15. The van der Waals surface area contributed by atoms with E-state index in [1.807, 2.05) is 11.0 Å². The van der Waals surface area contributed by atoms with Crippen molar-refractivity contribution in [1.29, 1.82) is 0 Å². The van der Waals surface area contributed by atoms with Gasteiger partial charge in [0.1, 0.15) is 0 Å². The van der Waals surface area contributed by atoms with Gasteiger partial charge in [-0.25, -0.2) is 4.79 Å². The van der Waals surface area contributed by atoms with Crippen LogP contribution < -0.4 is 5.32 Å². The van der Waals surface area contributed by atoms with Crippen LogP contribution in [0.5, 0.6) is 0 Å². The quantitative estimate of drug-likeness (QED) is 0.815. The number of rotatable bonds is 7. The van der Waals surface area contributed by atoms with Crippen LogP contribution in [0.4, 0.5) is 4.79 Å². The molecule has 1 heterocycles. The lowest BCUT2D eigenvalue weighted by atomic mass is 10.0. The summed E-state index contributed by atoms with van der Waals surface area (Å²) in [5.74, 6) is 1.48. The van der Waals surface area contributed by atoms with Gasteiger partial charge in [-0.2, -0.15) is 0 Å². The third kappa shape index (κ3) is 5.46. The summed E-state index contributed by atoms with van der Waals surface area (Å²) in [5.41, 5.74) is 1.21. The normalized spacial score (nSPS) is 22.4. The number of nitrogens with one attached hydrogen (secondary N) is 1. The fourth-order valence-electron chi connectivity index (χ4n) is 3.82. The highest BCUT2D eigenvalue weighted by Crippen LogP contribution is 2.32. The molecule has 4 heteroatoms. The maximum absolute atomic E-state index is 12.8. The van der Waals surface area contributed by atoms with Gasteiger partial charge in [0, 0.05) is 26.2 Å². The Morgan fingerprint density at radius 1 is 1.28 bits per heavy atom. The summed E-state index contributed by atoms with van der Waals surface area (Å²) in [7, 11) is 0. The fourth-order valence-corrected chi connectivity index (χ4v) is 3.82. The number of hydrogen-bond donors (Lipinski definition) is 1. The second-order valence-corrected chi connectivity index (χ2v) is 7.96. The van der Waals surface area contributed by atoms with Crippen LogP contribution in [0.1, 0.15) is 51.1 Å². The topological polar surface area (TPSA) is 35.6 Å². The zero-order valence-corrected chi connectivity index (χ0v) is 15.8. The number of piperidine rings is 1. The predicted octanol–water partition coefficient (Wildman–Crippen LogP) is 3.90. The van der Waals surface area contributed by atoms with Gasteiger partial charge >= 0.3 is 6.03 Å². The molecular weight excluding hydrogens is 310 g/mol. The molecular formula is C21H33N3O. The molecule has 1 saturated carbocycles. The van der Waals surface area contributed by atoms with Crippen molar-refractivity contribution < 1.29 is 4.79 Å². The first-order chi connectivity index (χ1) is 12.1. The van der Waals surface area contributed by atoms with Crippen LogP contribution in [-0.4, -0.2) is 48.6 Å². The molecule has 2 fully saturated rings. The molecule has 0 radical (unpaired) electrons. The summed E-state index contributed by atoms with van der Waals surface area (Å²) in [6.45, 7) is 9.39. The number of carbonyl (C=O) groups is 1. The lowest BCUT2D eigenvalue weighted by molar-refractivity contribution is 0.165. The van der Waals surface area contributed by atoms with Gasteiger partial charge in [-0.3, -0.25) is 0 Å². The minimum Gasteiger partial charge on any atom is -0.337 e. The maximum Gasteiger partial charge on any atom is 0.317 e. The monoisotopic (exact) mass is 343 g/mol. The van der Waals surface area contributed by atoms with Gasteiger partial charge in [-0.1, -0.05) is 37.3 Å². The molecule has 0 bridgehead atoms. The van der Waals surface area contributed by atoms with Crippen LogP contribution in [0.15, 0.2) is 30.3 Å². The number of urea groups is 1. The minimum atomic E-state index is 0.0910. The van der Waals surface area contributed by atoms with Crippen molar-refractivity contribution in [1.82, 2.24) is 15.1 Å². The Kier molecular flexibility index (Phi) is 6.35. The smallest absolute Gasteiger partial charge is 0.317 e. The molecule has 3 rings (SSSR count). The van der Waals surface area contributed by atoms with E-state index < -0.39 is 0 Å². The molecule has 4 nitrogen and oxygen atoms in total. The van der Waals surface area contributed by atoms with Crippen molar-refractivity contribution in [2.45, 2.75) is 45.6 Å². The number of carbonyl (C=O) groups excluding carboxylic acids is 1. The van der Waals surface area contributed by atoms with E-state index in [1.165, 1.54) is 44.3 Å². The first-order valence-corrected chi connectivity index (χ1v) is 9.95. The van der Waals surface area contributed by atoms with E-state index in [-0.39, 0.29) is 12.1 Å². The van der Waals surface area contributed by atoms with E-state index in [4.69, 9.17) is 0 Å². The highest BCUT2D eigenvalue weighted by molar-refractivity contribution is 5.74. The highest BCUT2D eigenvalue weighted by atomic mass is 16.2. The second-order valence-electron chi connectivity index (χ2n) is 7.96. The van der Waals surface area contributed by atoms with E-state index in [0.29, 0.717) is 5.92 Å². The molecule has 25 heavy (non-hydrogen) atoms. The van der Waals surface area contributed by atoms with Gasteiger partial charge in [-0.05, 0) is 56.6 Å². The van der Waals surface area contributed by atoms with E-state index >= 15 is 0 Å². The first-order valence-electron chi connectivity index (χ1n) is 9.95. The Hall–Kier alpha value is -1.55. The Morgan fingerprint density at radius 3 is 2.72 bits per heavy atom. The van der Waals surface area contributed by atoms with Gasteiger partial charge in [0.05, 0.1) is 6.04 Å². The molecule has 2 atom stereocenters. The molecule has 0 spiro atoms. The zero-order chi connectivity index (χ0) is 17.6. The molecule has 1 N–H and O–H groups in total. The SMILES string of the molecule is CC1CCCN(CCNC(=O)N(CC2CC2)C(C)c2ccccc2)C1. The van der Waals surface area contributed by atoms with Crippen LogP contribution in [-0.2, 0) is 0 Å². The Morgan fingerprint density at radius 2 is 2.04 bits per heavy atom. The Bertz CT molecular complexity index is 543. The van der Waals surface area contributed by atoms with Crippen LogP contribution in [0, 0.1) is 11.8 Å². The molecule has 2 aliphatic rings. The average molecular weight is 344 g/mol. The van der Waals surface area contributed by atoms with E-state index in [2.05, 4.69) is 48.3 Å². The number of likely N-dealkylation sites (tertiary alicyclic amines) is 1. The fraction of sp³-hybridized carbons (Fsp3) is 0.667. The third-order valence-corrected chi connectivity index (χ3v) is 5.61. The molecule has 138 valence electrons. The Labute approximate surface area is 152 Å². The molecule has 0 aromatic heterocycles. The summed E-state index contributed by atoms with van der Waals surface area (Å²) in [4.78, 5) is 17.3. The lowest BCUT2D eigenvalue weighted by Crippen LogP contribution is -2.46. The van der Waals surface area contributed by atoms with Gasteiger partial charge in [-0.15, -0.1) is 0 Å². The summed E-state index contributed by atoms with van der Waals surface area (Å²) in [5, 5.41) is 3.17. The van der Waals surface area contributed by atoms with Crippen molar-refractivity contribution in [3.8, 4) is 0 Å². The number of benzene rings is 1. The van der Waals surface area contributed by atoms with E-state index in [9.17, 15) is 4.79 Å². The zero-order valence-electron chi connectivity index (χ0n) is 15.8. The van der Waals surface area contributed by atoms with Crippen molar-refractivity contribution in [3.05, 3.63) is 35.9 Å². The second kappa shape index (κ2) is 8.70. The van der Waals surface area contributed by atoms with Gasteiger partial charge in [0.25, 0.3) is 0 Å². The van der Waals surface area contributed by atoms with E-state index in [1.54, 1.807) is 0 Å². The Balaban J connectivity index is 1.52. The first kappa shape index (κ1) is 18.2. The lowest BCUT2D eigenvalue weighted by Gasteiger charge is -2.32. The largest absolute Gasteiger partial charge is 0.337 e. The molecule has 1 saturated heterocycles. The van der Waals surface area contributed by atoms with Gasteiger partial charge in [0.15, 0.2) is 0 Å². The van der Waals surface area contributed by atoms with Crippen LogP contribution in [0.25, 0.3) is 0 Å². The van der Waals surface area contributed by atoms with E-state index in [0.717, 1.165) is 25.6 Å². The average Bonchev–Trinajstić information content (AvgIpc) is 3.44. The van der Waals surface area contributed by atoms with Gasteiger partial charge in [0.2, 0.25) is 0 Å². The molecule has 1 aliphatic carbocycles. The number of amides is 2. The molecule has 1 aromatic rings. The van der Waals surface area contributed by atoms with Crippen LogP contribution in [0.3, 0.4) is 0 Å². The standard InChI is InChI=1S/C21H33N3O/c1-17-7-6-13-23(15-17)14-12-22-21(25)24(16-19-10-11-19)18(2)20-8-4-3-5-9-20/h3-5,8-9,17-19H,6-7,10-16H2,1-2H3,(H,22,25). The highest BCUT2D eigenvalue weighted by Gasteiger charge is 2.30. The van der Waals surface area contributed by atoms with Crippen molar-refractivity contribution in [3.63, 3.8) is 0 Å². The van der Waals surface area contributed by atoms with Crippen molar-refractivity contribution >= 4 is 6.03 Å². The predicted molar refractivity (Wildman–Crippen MR) is 103 cm³/mol. The number of nitrogens with zero attached hydrogens (tertiary/aromatic N) is 2. The van der Waals surface area contributed by atoms with Crippen molar-refractivity contribution in [2.24, 2.45) is 11.8 Å². The summed E-state index contributed by atoms with van der Waals surface area (Å²) < 4.78 is 0. The minimum absolute atomic E-state index is 0.0910. The summed E-state index contributed by atoms with van der Waals surface area (Å²) in [6, 6.07) is 10.6. The van der Waals surface area contributed by atoms with Crippen molar-refractivity contribution in [2.75, 3.05) is 32.7 Å². The van der Waals surface area contributed by atoms with Crippen LogP contribution >= 0.6 is 0 Å². The third-order valence-electron chi connectivity index (χ3n) is 5.61.